The Hall–Kier alpha value is -3.64. The van der Waals surface area contributed by atoms with Gasteiger partial charge in [-0.2, -0.15) is 0 Å². The summed E-state index contributed by atoms with van der Waals surface area (Å²) in [7, 11) is 0. The number of para-hydroxylation sites is 1. The highest BCUT2D eigenvalue weighted by Crippen LogP contribution is 2.34. The third-order valence-electron chi connectivity index (χ3n) is 5.60. The lowest BCUT2D eigenvalue weighted by molar-refractivity contribution is -0.113. The molecule has 0 saturated heterocycles. The molecular formula is C27H27N3O2S. The number of allylic oxidation sites excluding steroid dienone is 1. The van der Waals surface area contributed by atoms with Gasteiger partial charge in [0.05, 0.1) is 11.6 Å². The highest BCUT2D eigenvalue weighted by Gasteiger charge is 2.31. The molecule has 1 atom stereocenters. The van der Waals surface area contributed by atoms with Gasteiger partial charge in [0.15, 0.2) is 5.11 Å². The molecule has 0 radical (unpaired) electrons. The lowest BCUT2D eigenvalue weighted by Crippen LogP contribution is -2.45. The van der Waals surface area contributed by atoms with Gasteiger partial charge in [0.1, 0.15) is 12.4 Å². The zero-order chi connectivity index (χ0) is 23.2. The van der Waals surface area contributed by atoms with Gasteiger partial charge in [-0.05, 0) is 54.9 Å². The molecule has 3 aromatic carbocycles. The summed E-state index contributed by atoms with van der Waals surface area (Å²) in [6.07, 6.45) is 0.950. The maximum Gasteiger partial charge on any atom is 0.255 e. The van der Waals surface area contributed by atoms with Crippen LogP contribution in [0.25, 0.3) is 0 Å². The van der Waals surface area contributed by atoms with E-state index in [4.69, 9.17) is 17.0 Å². The number of carbonyl (C=O) groups excluding carboxylic acids is 1. The van der Waals surface area contributed by atoms with E-state index in [2.05, 4.69) is 22.9 Å². The van der Waals surface area contributed by atoms with Crippen LogP contribution in [0.2, 0.25) is 0 Å². The molecule has 168 valence electrons. The first kappa shape index (κ1) is 22.6. The third-order valence-corrected chi connectivity index (χ3v) is 5.82. The monoisotopic (exact) mass is 457 g/mol. The number of thiocarbonyl (C=S) groups is 1. The third kappa shape index (κ3) is 5.41. The van der Waals surface area contributed by atoms with Crippen LogP contribution >= 0.6 is 12.2 Å². The van der Waals surface area contributed by atoms with E-state index in [0.29, 0.717) is 28.7 Å². The molecule has 0 aromatic heterocycles. The minimum Gasteiger partial charge on any atom is -0.489 e. The maximum absolute atomic E-state index is 13.4. The maximum atomic E-state index is 13.4. The fourth-order valence-corrected chi connectivity index (χ4v) is 4.11. The van der Waals surface area contributed by atoms with Gasteiger partial charge in [-0.1, -0.05) is 67.6 Å². The number of aryl methyl sites for hydroxylation is 1. The first-order chi connectivity index (χ1) is 16.0. The van der Waals surface area contributed by atoms with E-state index in [1.165, 1.54) is 5.56 Å². The summed E-state index contributed by atoms with van der Waals surface area (Å²) in [6.45, 7) is 4.40. The number of hydrogen-bond acceptors (Lipinski definition) is 3. The van der Waals surface area contributed by atoms with Gasteiger partial charge in [0, 0.05) is 16.9 Å². The molecule has 0 unspecified atom stereocenters. The average Bonchev–Trinajstić information content (AvgIpc) is 2.83. The van der Waals surface area contributed by atoms with Crippen LogP contribution < -0.4 is 20.7 Å². The fraction of sp³-hybridized carbons (Fsp3) is 0.185. The van der Waals surface area contributed by atoms with Crippen molar-refractivity contribution >= 4 is 28.9 Å². The summed E-state index contributed by atoms with van der Waals surface area (Å²) in [5.41, 5.74) is 5.17. The predicted molar refractivity (Wildman–Crippen MR) is 136 cm³/mol. The lowest BCUT2D eigenvalue weighted by Gasteiger charge is -2.31. The van der Waals surface area contributed by atoms with E-state index in [9.17, 15) is 4.79 Å². The lowest BCUT2D eigenvalue weighted by atomic mass is 9.94. The zero-order valence-corrected chi connectivity index (χ0v) is 19.5. The number of benzene rings is 3. The minimum absolute atomic E-state index is 0.192. The molecule has 1 aliphatic rings. The molecule has 1 amide bonds. The van der Waals surface area contributed by atoms with Gasteiger partial charge in [-0.15, -0.1) is 0 Å². The van der Waals surface area contributed by atoms with Crippen molar-refractivity contribution < 1.29 is 9.53 Å². The van der Waals surface area contributed by atoms with E-state index in [-0.39, 0.29) is 5.91 Å². The Balaban J connectivity index is 1.61. The van der Waals surface area contributed by atoms with Gasteiger partial charge >= 0.3 is 0 Å². The van der Waals surface area contributed by atoms with Crippen LogP contribution in [-0.2, 0) is 17.8 Å². The summed E-state index contributed by atoms with van der Waals surface area (Å²) in [6, 6.07) is 25.2. The smallest absolute Gasteiger partial charge is 0.255 e. The summed E-state index contributed by atoms with van der Waals surface area (Å²) < 4.78 is 6.16. The van der Waals surface area contributed by atoms with Gasteiger partial charge < -0.3 is 20.7 Å². The van der Waals surface area contributed by atoms with Crippen molar-refractivity contribution in [2.24, 2.45) is 0 Å². The van der Waals surface area contributed by atoms with Crippen molar-refractivity contribution in [2.75, 3.05) is 5.32 Å². The Morgan fingerprint density at radius 2 is 1.67 bits per heavy atom. The molecule has 0 spiro atoms. The highest BCUT2D eigenvalue weighted by molar-refractivity contribution is 7.80. The highest BCUT2D eigenvalue weighted by atomic mass is 32.1. The Kier molecular flexibility index (Phi) is 7.05. The predicted octanol–water partition coefficient (Wildman–Crippen LogP) is 5.26. The number of nitrogens with one attached hydrogen (secondary N) is 3. The fourth-order valence-electron chi connectivity index (χ4n) is 3.84. The quantitative estimate of drug-likeness (QED) is 0.423. The summed E-state index contributed by atoms with van der Waals surface area (Å²) in [4.78, 5) is 13.4. The molecule has 0 aliphatic carbocycles. The Bertz CT molecular complexity index is 1170. The molecule has 5 nitrogen and oxygen atoms in total. The number of ether oxygens (including phenoxy) is 1. The van der Waals surface area contributed by atoms with Crippen LogP contribution in [0.1, 0.15) is 36.6 Å². The van der Waals surface area contributed by atoms with Gasteiger partial charge in [0.2, 0.25) is 0 Å². The first-order valence-corrected chi connectivity index (χ1v) is 11.4. The summed E-state index contributed by atoms with van der Waals surface area (Å²) in [5.74, 6) is 0.510. The second-order valence-corrected chi connectivity index (χ2v) is 8.30. The molecule has 0 bridgehead atoms. The molecule has 1 heterocycles. The number of anilines is 1. The minimum atomic E-state index is -0.444. The number of carbonyl (C=O) groups is 1. The van der Waals surface area contributed by atoms with Crippen LogP contribution in [0.3, 0.4) is 0 Å². The van der Waals surface area contributed by atoms with E-state index in [0.717, 1.165) is 23.2 Å². The van der Waals surface area contributed by atoms with Gasteiger partial charge in [-0.25, -0.2) is 0 Å². The summed E-state index contributed by atoms with van der Waals surface area (Å²) >= 11 is 5.41. The van der Waals surface area contributed by atoms with Crippen molar-refractivity contribution in [2.45, 2.75) is 32.9 Å². The zero-order valence-electron chi connectivity index (χ0n) is 18.7. The standard InChI is InChI=1S/C27H27N3O2S/c1-3-19-13-15-21(16-14-19)29-26(31)24-18(2)28-27(33)30-25(24)22-11-7-8-12-23(22)32-17-20-9-5-4-6-10-20/h4-16,25H,3,17H2,1-2H3,(H,29,31)(H2,28,30,33)/t25-/m0/s1. The van der Waals surface area contributed by atoms with Crippen LogP contribution in [0.4, 0.5) is 5.69 Å². The molecular weight excluding hydrogens is 430 g/mol. The van der Waals surface area contributed by atoms with Crippen molar-refractivity contribution in [3.8, 4) is 5.75 Å². The van der Waals surface area contributed by atoms with Gasteiger partial charge in [0.25, 0.3) is 5.91 Å². The molecule has 3 aromatic rings. The summed E-state index contributed by atoms with van der Waals surface area (Å²) in [5, 5.41) is 9.84. The molecule has 0 fully saturated rings. The van der Waals surface area contributed by atoms with Crippen molar-refractivity contribution in [1.29, 1.82) is 0 Å². The molecule has 4 rings (SSSR count). The van der Waals surface area contributed by atoms with Crippen LogP contribution in [-0.4, -0.2) is 11.0 Å². The van der Waals surface area contributed by atoms with Gasteiger partial charge in [-0.3, -0.25) is 4.79 Å². The number of rotatable bonds is 7. The Labute approximate surface area is 199 Å². The Morgan fingerprint density at radius 1 is 0.970 bits per heavy atom. The van der Waals surface area contributed by atoms with E-state index >= 15 is 0 Å². The Morgan fingerprint density at radius 3 is 2.39 bits per heavy atom. The van der Waals surface area contributed by atoms with Crippen LogP contribution in [0, 0.1) is 0 Å². The van der Waals surface area contributed by atoms with Crippen molar-refractivity contribution in [3.63, 3.8) is 0 Å². The normalized spacial score (nSPS) is 15.5. The first-order valence-electron chi connectivity index (χ1n) is 11.0. The largest absolute Gasteiger partial charge is 0.489 e. The molecule has 1 aliphatic heterocycles. The SMILES string of the molecule is CCc1ccc(NC(=O)C2=C(C)NC(=S)N[C@H]2c2ccccc2OCc2ccccc2)cc1. The topological polar surface area (TPSA) is 62.4 Å². The van der Waals surface area contributed by atoms with Crippen LogP contribution in [0.15, 0.2) is 90.1 Å². The second-order valence-electron chi connectivity index (χ2n) is 7.89. The number of amides is 1. The van der Waals surface area contributed by atoms with E-state index in [1.54, 1.807) is 0 Å². The molecule has 0 saturated carbocycles. The van der Waals surface area contributed by atoms with Crippen molar-refractivity contribution in [1.82, 2.24) is 10.6 Å². The molecule has 6 heteroatoms. The molecule has 33 heavy (non-hydrogen) atoms. The molecule has 3 N–H and O–H groups in total. The second kappa shape index (κ2) is 10.3. The number of hydrogen-bond donors (Lipinski definition) is 3. The van der Waals surface area contributed by atoms with Crippen molar-refractivity contribution in [3.05, 3.63) is 107 Å². The van der Waals surface area contributed by atoms with Crippen LogP contribution in [0.5, 0.6) is 5.75 Å². The van der Waals surface area contributed by atoms with E-state index in [1.807, 2.05) is 85.8 Å². The average molecular weight is 458 g/mol. The van der Waals surface area contributed by atoms with E-state index < -0.39 is 6.04 Å².